The molecule has 1 amide bonds. The van der Waals surface area contributed by atoms with Gasteiger partial charge in [0.15, 0.2) is 0 Å². The van der Waals surface area contributed by atoms with Crippen LogP contribution in [0.1, 0.15) is 13.8 Å². The predicted octanol–water partition coefficient (Wildman–Crippen LogP) is 2.03. The van der Waals surface area contributed by atoms with Crippen LogP contribution in [-0.2, 0) is 4.79 Å². The lowest BCUT2D eigenvalue weighted by Gasteiger charge is -2.12. The monoisotopic (exact) mass is 253 g/mol. The van der Waals surface area contributed by atoms with E-state index in [1.54, 1.807) is 6.92 Å². The number of hydrogen-bond donors (Lipinski definition) is 0. The summed E-state index contributed by atoms with van der Waals surface area (Å²) < 4.78 is 5.11. The molecule has 0 bridgehead atoms. The zero-order valence-electron chi connectivity index (χ0n) is 9.82. The summed E-state index contributed by atoms with van der Waals surface area (Å²) in [5.74, 6) is -0.431. The molecule has 0 aliphatic carbocycles. The largest absolute Gasteiger partial charge is 0.494 e. The van der Waals surface area contributed by atoms with E-state index in [9.17, 15) is 19.8 Å². The molecule has 0 aliphatic heterocycles. The van der Waals surface area contributed by atoms with E-state index >= 15 is 0 Å². The van der Waals surface area contributed by atoms with Gasteiger partial charge < -0.3 is 4.74 Å². The molecule has 0 spiro atoms. The summed E-state index contributed by atoms with van der Waals surface area (Å²) in [5, 5.41) is 13.8. The molecule has 0 unspecified atom stereocenters. The summed E-state index contributed by atoms with van der Waals surface area (Å²) in [6, 6.07) is 3.80. The summed E-state index contributed by atoms with van der Waals surface area (Å²) in [6.45, 7) is 3.16. The van der Waals surface area contributed by atoms with Gasteiger partial charge in [-0.3, -0.25) is 14.9 Å². The topological polar surface area (TPSA) is 102 Å². The van der Waals surface area contributed by atoms with E-state index in [0.29, 0.717) is 11.6 Å². The molecule has 1 aromatic carbocycles. The van der Waals surface area contributed by atoms with Crippen LogP contribution < -0.4 is 9.75 Å². The van der Waals surface area contributed by atoms with Crippen molar-refractivity contribution in [1.82, 2.24) is 0 Å². The first-order chi connectivity index (χ1) is 8.51. The second kappa shape index (κ2) is 5.71. The van der Waals surface area contributed by atoms with Gasteiger partial charge in [-0.1, -0.05) is 0 Å². The van der Waals surface area contributed by atoms with E-state index < -0.39 is 16.5 Å². The summed E-state index contributed by atoms with van der Waals surface area (Å²) >= 11 is 0. The van der Waals surface area contributed by atoms with Crippen molar-refractivity contribution in [3.05, 3.63) is 33.2 Å². The zero-order valence-corrected chi connectivity index (χ0v) is 9.82. The fourth-order valence-electron chi connectivity index (χ4n) is 1.36. The quantitative estimate of drug-likeness (QED) is 0.453. The first-order valence-corrected chi connectivity index (χ1v) is 5.06. The third-order valence-electron chi connectivity index (χ3n) is 2.06. The van der Waals surface area contributed by atoms with Crippen molar-refractivity contribution in [2.45, 2.75) is 13.8 Å². The summed E-state index contributed by atoms with van der Waals surface area (Å²) in [7, 11) is 0. The Kier molecular flexibility index (Phi) is 4.30. The van der Waals surface area contributed by atoms with Gasteiger partial charge in [-0.2, -0.15) is 5.01 Å². The van der Waals surface area contributed by atoms with Crippen LogP contribution in [0.25, 0.3) is 0 Å². The molecule has 1 rings (SSSR count). The third-order valence-corrected chi connectivity index (χ3v) is 2.06. The molecule has 0 radical (unpaired) electrons. The van der Waals surface area contributed by atoms with E-state index in [4.69, 9.17) is 4.74 Å². The maximum atomic E-state index is 11.1. The summed E-state index contributed by atoms with van der Waals surface area (Å²) in [6.07, 6.45) is 0. The molecule has 0 atom stereocenters. The van der Waals surface area contributed by atoms with E-state index in [1.807, 2.05) is 0 Å². The van der Waals surface area contributed by atoms with Crippen LogP contribution in [0.2, 0.25) is 0 Å². The molecule has 0 aliphatic rings. The molecule has 0 N–H and O–H groups in total. The number of ether oxygens (including phenoxy) is 1. The maximum absolute atomic E-state index is 11.1. The van der Waals surface area contributed by atoms with Crippen molar-refractivity contribution in [3.63, 3.8) is 0 Å². The fourth-order valence-corrected chi connectivity index (χ4v) is 1.36. The standard InChI is InChI=1S/C10H11N3O5/c1-3-18-8-4-5-9(10(6-8)13(16)17)12(11-15)7(2)14/h4-6H,3H2,1-2H3. The van der Waals surface area contributed by atoms with Crippen molar-refractivity contribution in [1.29, 1.82) is 0 Å². The molecule has 8 heteroatoms. The van der Waals surface area contributed by atoms with Gasteiger partial charge >= 0.3 is 0 Å². The van der Waals surface area contributed by atoms with Gasteiger partial charge in [0.25, 0.3) is 5.69 Å². The molecule has 0 saturated carbocycles. The average Bonchev–Trinajstić information content (AvgIpc) is 2.31. The Morgan fingerprint density at radius 2 is 2.22 bits per heavy atom. The van der Waals surface area contributed by atoms with Gasteiger partial charge in [0.1, 0.15) is 11.4 Å². The average molecular weight is 253 g/mol. The smallest absolute Gasteiger partial charge is 0.298 e. The number of benzene rings is 1. The molecular weight excluding hydrogens is 242 g/mol. The van der Waals surface area contributed by atoms with Crippen molar-refractivity contribution in [2.24, 2.45) is 5.29 Å². The number of anilines is 1. The lowest BCUT2D eigenvalue weighted by molar-refractivity contribution is -0.384. The second-order valence-corrected chi connectivity index (χ2v) is 3.25. The van der Waals surface area contributed by atoms with Crippen LogP contribution in [0, 0.1) is 15.0 Å². The van der Waals surface area contributed by atoms with Crippen LogP contribution >= 0.6 is 0 Å². The lowest BCUT2D eigenvalue weighted by Crippen LogP contribution is -2.22. The van der Waals surface area contributed by atoms with E-state index in [0.717, 1.165) is 13.0 Å². The lowest BCUT2D eigenvalue weighted by atomic mass is 10.2. The number of carbonyl (C=O) groups excluding carboxylic acids is 1. The van der Waals surface area contributed by atoms with Gasteiger partial charge in [-0.05, 0) is 19.1 Å². The van der Waals surface area contributed by atoms with Crippen LogP contribution in [0.4, 0.5) is 11.4 Å². The van der Waals surface area contributed by atoms with E-state index in [-0.39, 0.29) is 11.4 Å². The highest BCUT2D eigenvalue weighted by molar-refractivity contribution is 5.93. The Labute approximate surface area is 102 Å². The molecule has 0 heterocycles. The first kappa shape index (κ1) is 13.6. The molecule has 1 aromatic rings. The Bertz CT molecular complexity index is 488. The molecule has 8 nitrogen and oxygen atoms in total. The number of carbonyl (C=O) groups is 1. The molecule has 96 valence electrons. The van der Waals surface area contributed by atoms with Crippen LogP contribution in [-0.4, -0.2) is 17.4 Å². The van der Waals surface area contributed by atoms with Gasteiger partial charge in [-0.25, -0.2) is 0 Å². The third kappa shape index (κ3) is 2.78. The SMILES string of the molecule is CCOc1ccc(N(N=O)C(C)=O)c([N+](=O)[O-])c1. The van der Waals surface area contributed by atoms with Crippen LogP contribution in [0.15, 0.2) is 23.5 Å². The van der Waals surface area contributed by atoms with Gasteiger partial charge in [0, 0.05) is 6.92 Å². The summed E-state index contributed by atoms with van der Waals surface area (Å²) in [4.78, 5) is 31.9. The Balaban J connectivity index is 3.30. The second-order valence-electron chi connectivity index (χ2n) is 3.25. The van der Waals surface area contributed by atoms with Crippen molar-refractivity contribution in [3.8, 4) is 5.75 Å². The summed E-state index contributed by atoms with van der Waals surface area (Å²) in [5.41, 5.74) is -0.610. The molecular formula is C10H11N3O5. The minimum Gasteiger partial charge on any atom is -0.494 e. The van der Waals surface area contributed by atoms with Crippen LogP contribution in [0.5, 0.6) is 5.75 Å². The Morgan fingerprint density at radius 1 is 1.56 bits per heavy atom. The predicted molar refractivity (Wildman–Crippen MR) is 63.2 cm³/mol. The van der Waals surface area contributed by atoms with Gasteiger partial charge in [-0.15, -0.1) is 4.91 Å². The molecule has 0 aromatic heterocycles. The van der Waals surface area contributed by atoms with E-state index in [2.05, 4.69) is 5.29 Å². The number of nitrogens with zero attached hydrogens (tertiary/aromatic N) is 3. The fraction of sp³-hybridized carbons (Fsp3) is 0.300. The maximum Gasteiger partial charge on any atom is 0.298 e. The minimum atomic E-state index is -0.711. The highest BCUT2D eigenvalue weighted by atomic mass is 16.6. The van der Waals surface area contributed by atoms with Crippen molar-refractivity contribution in [2.75, 3.05) is 11.6 Å². The Hall–Kier alpha value is -2.51. The highest BCUT2D eigenvalue weighted by Gasteiger charge is 2.24. The van der Waals surface area contributed by atoms with Gasteiger partial charge in [0.2, 0.25) is 5.91 Å². The zero-order chi connectivity index (χ0) is 13.7. The number of nitro groups is 1. The molecule has 0 saturated heterocycles. The number of nitroso groups, excluding NO2 is 1. The normalized spacial score (nSPS) is 9.67. The first-order valence-electron chi connectivity index (χ1n) is 5.06. The number of rotatable bonds is 5. The van der Waals surface area contributed by atoms with Gasteiger partial charge in [0.05, 0.1) is 22.9 Å². The van der Waals surface area contributed by atoms with Crippen molar-refractivity contribution >= 4 is 17.3 Å². The minimum absolute atomic E-state index is 0.189. The highest BCUT2D eigenvalue weighted by Crippen LogP contribution is 2.32. The van der Waals surface area contributed by atoms with Crippen molar-refractivity contribution < 1.29 is 14.5 Å². The van der Waals surface area contributed by atoms with Crippen LogP contribution in [0.3, 0.4) is 0 Å². The van der Waals surface area contributed by atoms with E-state index in [1.165, 1.54) is 12.1 Å². The molecule has 0 fully saturated rings. The number of hydrogen-bond acceptors (Lipinski definition) is 6. The Morgan fingerprint density at radius 3 is 2.67 bits per heavy atom. The number of amides is 1. The number of nitro benzene ring substituents is 1. The molecule has 18 heavy (non-hydrogen) atoms.